The summed E-state index contributed by atoms with van der Waals surface area (Å²) in [6.07, 6.45) is -6.71. The van der Waals surface area contributed by atoms with Gasteiger partial charge in [-0.25, -0.2) is 5.43 Å². The van der Waals surface area contributed by atoms with E-state index in [0.29, 0.717) is 12.8 Å². The maximum atomic E-state index is 12.0. The molecular weight excluding hydrogens is 318 g/mol. The summed E-state index contributed by atoms with van der Waals surface area (Å²) >= 11 is 0. The van der Waals surface area contributed by atoms with Crippen LogP contribution in [0.3, 0.4) is 0 Å². The monoisotopic (exact) mass is 345 g/mol. The average Bonchev–Trinajstić information content (AvgIpc) is 2.68. The molecule has 2 rings (SSSR count). The van der Waals surface area contributed by atoms with Crippen LogP contribution in [0.2, 0.25) is 0 Å². The summed E-state index contributed by atoms with van der Waals surface area (Å²) in [5.41, 5.74) is 2.69. The number of hydrogen-bond acceptors (Lipinski definition) is 8. The van der Waals surface area contributed by atoms with Crippen molar-refractivity contribution in [1.82, 2.24) is 10.7 Å². The minimum atomic E-state index is -1.76. The van der Waals surface area contributed by atoms with Crippen molar-refractivity contribution in [2.24, 2.45) is 5.10 Å². The number of aliphatic hydroxyl groups excluding tert-OH is 4. The van der Waals surface area contributed by atoms with Gasteiger partial charge in [0.05, 0.1) is 0 Å². The molecule has 9 nitrogen and oxygen atoms in total. The molecule has 0 radical (unpaired) electrons. The standard InChI is InChI=1S/C15H27N3O6/c1-14(2)5-7(6-15(3,4)18-14)16-17-12(22)10(21)11-8(19)9(20)13(23)24-11/h8-11,13,18-21,23H,5-6H2,1-4H3,(H,17,22). The number of carbonyl (C=O) groups excluding carboxylic acids is 1. The molecule has 0 saturated carbocycles. The van der Waals surface area contributed by atoms with Crippen LogP contribution < -0.4 is 10.7 Å². The summed E-state index contributed by atoms with van der Waals surface area (Å²) in [7, 11) is 0. The van der Waals surface area contributed by atoms with E-state index in [4.69, 9.17) is 4.74 Å². The third kappa shape index (κ3) is 4.29. The summed E-state index contributed by atoms with van der Waals surface area (Å²) in [6, 6.07) is 0. The van der Waals surface area contributed by atoms with Gasteiger partial charge in [-0.2, -0.15) is 5.10 Å². The Balaban J connectivity index is 1.99. The van der Waals surface area contributed by atoms with Gasteiger partial charge < -0.3 is 30.5 Å². The normalized spacial score (nSPS) is 36.2. The average molecular weight is 345 g/mol. The first-order chi connectivity index (χ1) is 10.9. The van der Waals surface area contributed by atoms with Gasteiger partial charge in [0, 0.05) is 29.6 Å². The molecule has 2 aliphatic rings. The first kappa shape index (κ1) is 19.2. The van der Waals surface area contributed by atoms with Crippen LogP contribution in [0.25, 0.3) is 0 Å². The molecule has 2 fully saturated rings. The van der Waals surface area contributed by atoms with Gasteiger partial charge in [0.2, 0.25) is 0 Å². The van der Waals surface area contributed by atoms with Crippen LogP contribution in [0.4, 0.5) is 0 Å². The molecule has 2 aliphatic heterocycles. The highest BCUT2D eigenvalue weighted by molar-refractivity contribution is 5.89. The van der Waals surface area contributed by atoms with Gasteiger partial charge in [-0.1, -0.05) is 0 Å². The molecule has 0 aliphatic carbocycles. The van der Waals surface area contributed by atoms with Gasteiger partial charge in [0.25, 0.3) is 5.91 Å². The third-order valence-corrected chi connectivity index (χ3v) is 4.15. The van der Waals surface area contributed by atoms with Crippen molar-refractivity contribution in [3.63, 3.8) is 0 Å². The molecule has 5 unspecified atom stereocenters. The van der Waals surface area contributed by atoms with E-state index in [2.05, 4.69) is 15.8 Å². The number of carbonyl (C=O) groups is 1. The predicted molar refractivity (Wildman–Crippen MR) is 85.0 cm³/mol. The number of ether oxygens (including phenoxy) is 1. The zero-order valence-corrected chi connectivity index (χ0v) is 14.4. The fourth-order valence-corrected chi connectivity index (χ4v) is 3.46. The molecule has 0 aromatic heterocycles. The second-order valence-corrected chi connectivity index (χ2v) is 7.82. The van der Waals surface area contributed by atoms with E-state index in [1.54, 1.807) is 0 Å². The van der Waals surface area contributed by atoms with Crippen LogP contribution in [0, 0.1) is 0 Å². The van der Waals surface area contributed by atoms with E-state index in [-0.39, 0.29) is 11.1 Å². The highest BCUT2D eigenvalue weighted by Gasteiger charge is 2.47. The Kier molecular flexibility index (Phi) is 5.34. The minimum Gasteiger partial charge on any atom is -0.387 e. The van der Waals surface area contributed by atoms with Gasteiger partial charge in [-0.05, 0) is 27.7 Å². The number of hydrazone groups is 1. The van der Waals surface area contributed by atoms with E-state index < -0.39 is 36.6 Å². The molecule has 0 bridgehead atoms. The molecule has 9 heteroatoms. The van der Waals surface area contributed by atoms with E-state index in [1.807, 2.05) is 27.7 Å². The van der Waals surface area contributed by atoms with Crippen LogP contribution in [0.15, 0.2) is 5.10 Å². The van der Waals surface area contributed by atoms with Crippen molar-refractivity contribution in [2.75, 3.05) is 0 Å². The van der Waals surface area contributed by atoms with E-state index in [0.717, 1.165) is 5.71 Å². The van der Waals surface area contributed by atoms with Crippen LogP contribution >= 0.6 is 0 Å². The van der Waals surface area contributed by atoms with E-state index in [9.17, 15) is 25.2 Å². The molecule has 1 amide bonds. The number of amides is 1. The lowest BCUT2D eigenvalue weighted by Gasteiger charge is -2.43. The Labute approximate surface area is 140 Å². The Morgan fingerprint density at radius 2 is 1.75 bits per heavy atom. The fourth-order valence-electron chi connectivity index (χ4n) is 3.46. The van der Waals surface area contributed by atoms with Crippen LogP contribution in [-0.2, 0) is 9.53 Å². The molecule has 0 aromatic carbocycles. The van der Waals surface area contributed by atoms with Gasteiger partial charge in [-0.3, -0.25) is 4.79 Å². The Bertz CT molecular complexity index is 503. The molecule has 2 saturated heterocycles. The second kappa shape index (κ2) is 6.66. The SMILES string of the molecule is CC1(C)CC(=NNC(=O)C(O)C2OC(O)C(O)C2O)CC(C)(C)N1. The summed E-state index contributed by atoms with van der Waals surface area (Å²) < 4.78 is 4.81. The Morgan fingerprint density at radius 3 is 2.21 bits per heavy atom. The highest BCUT2D eigenvalue weighted by Crippen LogP contribution is 2.26. The summed E-state index contributed by atoms with van der Waals surface area (Å²) in [5, 5.41) is 45.9. The molecule has 138 valence electrons. The highest BCUT2D eigenvalue weighted by atomic mass is 16.6. The summed E-state index contributed by atoms with van der Waals surface area (Å²) in [6.45, 7) is 8.13. The molecule has 0 aromatic rings. The topological polar surface area (TPSA) is 144 Å². The molecule has 6 N–H and O–H groups in total. The zero-order chi connectivity index (χ0) is 18.3. The Hall–Kier alpha value is -1.10. The molecular formula is C15H27N3O6. The molecule has 0 spiro atoms. The number of piperidine rings is 1. The zero-order valence-electron chi connectivity index (χ0n) is 14.4. The molecule has 2 heterocycles. The van der Waals surface area contributed by atoms with Crippen molar-refractivity contribution in [3.05, 3.63) is 0 Å². The van der Waals surface area contributed by atoms with Crippen molar-refractivity contribution in [3.8, 4) is 0 Å². The summed E-state index contributed by atoms with van der Waals surface area (Å²) in [4.78, 5) is 12.0. The predicted octanol–water partition coefficient (Wildman–Crippen LogP) is -1.80. The van der Waals surface area contributed by atoms with Gasteiger partial charge >= 0.3 is 0 Å². The lowest BCUT2D eigenvalue weighted by Crippen LogP contribution is -2.58. The van der Waals surface area contributed by atoms with Gasteiger partial charge in [0.15, 0.2) is 12.4 Å². The van der Waals surface area contributed by atoms with Crippen LogP contribution in [0.1, 0.15) is 40.5 Å². The van der Waals surface area contributed by atoms with Gasteiger partial charge in [0.1, 0.15) is 18.3 Å². The van der Waals surface area contributed by atoms with Gasteiger partial charge in [-0.15, -0.1) is 0 Å². The first-order valence-corrected chi connectivity index (χ1v) is 7.94. The quantitative estimate of drug-likeness (QED) is 0.331. The fraction of sp³-hybridized carbons (Fsp3) is 0.867. The maximum absolute atomic E-state index is 12.0. The number of nitrogens with one attached hydrogen (secondary N) is 2. The second-order valence-electron chi connectivity index (χ2n) is 7.82. The van der Waals surface area contributed by atoms with E-state index in [1.165, 1.54) is 0 Å². The van der Waals surface area contributed by atoms with Crippen LogP contribution in [0.5, 0.6) is 0 Å². The maximum Gasteiger partial charge on any atom is 0.271 e. The third-order valence-electron chi connectivity index (χ3n) is 4.15. The lowest BCUT2D eigenvalue weighted by atomic mass is 9.81. The largest absolute Gasteiger partial charge is 0.387 e. The summed E-state index contributed by atoms with van der Waals surface area (Å²) in [5.74, 6) is -0.873. The number of rotatable bonds is 3. The van der Waals surface area contributed by atoms with E-state index >= 15 is 0 Å². The van der Waals surface area contributed by atoms with Crippen molar-refractivity contribution >= 4 is 11.6 Å². The smallest absolute Gasteiger partial charge is 0.271 e. The Morgan fingerprint density at radius 1 is 1.21 bits per heavy atom. The molecule has 24 heavy (non-hydrogen) atoms. The minimum absolute atomic E-state index is 0.178. The van der Waals surface area contributed by atoms with Crippen molar-refractivity contribution in [2.45, 2.75) is 82.3 Å². The van der Waals surface area contributed by atoms with Crippen molar-refractivity contribution in [1.29, 1.82) is 0 Å². The molecule has 5 atom stereocenters. The van der Waals surface area contributed by atoms with Crippen LogP contribution in [-0.4, -0.2) is 73.8 Å². The lowest BCUT2D eigenvalue weighted by molar-refractivity contribution is -0.158. The number of hydrogen-bond donors (Lipinski definition) is 6. The van der Waals surface area contributed by atoms with Crippen molar-refractivity contribution < 1.29 is 30.0 Å². The number of aliphatic hydroxyl groups is 4. The first-order valence-electron chi connectivity index (χ1n) is 7.94. The number of nitrogens with zero attached hydrogens (tertiary/aromatic N) is 1.